The molecule has 7 heteroatoms. The van der Waals surface area contributed by atoms with Gasteiger partial charge in [-0.25, -0.2) is 4.79 Å². The van der Waals surface area contributed by atoms with Crippen molar-refractivity contribution in [1.82, 2.24) is 14.7 Å². The molecule has 0 saturated carbocycles. The van der Waals surface area contributed by atoms with E-state index in [4.69, 9.17) is 0 Å². The lowest BCUT2D eigenvalue weighted by molar-refractivity contribution is -0.137. The predicted octanol–water partition coefficient (Wildman–Crippen LogP) is 2.54. The average Bonchev–Trinajstić information content (AvgIpc) is 2.96. The van der Waals surface area contributed by atoms with E-state index in [0.29, 0.717) is 25.9 Å². The highest BCUT2D eigenvalue weighted by Gasteiger charge is 2.37. The van der Waals surface area contributed by atoms with Crippen LogP contribution in [-0.2, 0) is 9.59 Å². The highest BCUT2D eigenvalue weighted by Crippen LogP contribution is 2.31. The van der Waals surface area contributed by atoms with Gasteiger partial charge in [0.25, 0.3) is 5.91 Å². The second kappa shape index (κ2) is 8.20. The van der Waals surface area contributed by atoms with Crippen LogP contribution in [0.4, 0.5) is 4.79 Å². The molecule has 2 aliphatic heterocycles. The van der Waals surface area contributed by atoms with Gasteiger partial charge >= 0.3 is 6.03 Å². The third kappa shape index (κ3) is 3.73. The molecule has 0 radical (unpaired) electrons. The molecule has 0 aromatic heterocycles. The Morgan fingerprint density at radius 2 is 1.37 bits per heavy atom. The number of likely N-dealkylation sites (N-methyl/N-ethyl adjacent to an activating group) is 1. The van der Waals surface area contributed by atoms with Gasteiger partial charge in [-0.1, -0.05) is 0 Å². The molecular formula is C23H31N3O4. The lowest BCUT2D eigenvalue weighted by Crippen LogP contribution is -2.46. The van der Waals surface area contributed by atoms with Crippen LogP contribution in [0.2, 0.25) is 0 Å². The molecule has 2 saturated heterocycles. The number of rotatable bonds is 4. The first-order chi connectivity index (χ1) is 14.0. The minimum Gasteiger partial charge on any atom is -0.341 e. The molecule has 1 aromatic rings. The number of Topliss-reactive ketones (excluding diaryl/α,β-unsaturated/α-hetero) is 1. The average molecular weight is 414 g/mol. The Bertz CT molecular complexity index is 900. The first-order valence-electron chi connectivity index (χ1n) is 10.5. The van der Waals surface area contributed by atoms with E-state index in [1.165, 1.54) is 21.6 Å². The fourth-order valence-electron chi connectivity index (χ4n) is 4.52. The highest BCUT2D eigenvalue weighted by atomic mass is 16.2. The van der Waals surface area contributed by atoms with Gasteiger partial charge in [-0.2, -0.15) is 0 Å². The predicted molar refractivity (Wildman–Crippen MR) is 114 cm³/mol. The fourth-order valence-corrected chi connectivity index (χ4v) is 4.52. The van der Waals surface area contributed by atoms with Gasteiger partial charge in [0.15, 0.2) is 5.78 Å². The molecule has 162 valence electrons. The molecule has 30 heavy (non-hydrogen) atoms. The van der Waals surface area contributed by atoms with Crippen LogP contribution in [0.15, 0.2) is 0 Å². The summed E-state index contributed by atoms with van der Waals surface area (Å²) >= 11 is 0. The van der Waals surface area contributed by atoms with Crippen LogP contribution in [0.3, 0.4) is 0 Å². The molecule has 0 unspecified atom stereocenters. The second-order valence-corrected chi connectivity index (χ2v) is 8.64. The molecule has 0 bridgehead atoms. The number of benzene rings is 1. The van der Waals surface area contributed by atoms with Crippen molar-refractivity contribution >= 4 is 23.6 Å². The monoisotopic (exact) mass is 413 g/mol. The molecule has 3 rings (SSSR count). The van der Waals surface area contributed by atoms with Crippen LogP contribution in [0.5, 0.6) is 0 Å². The molecule has 4 amide bonds. The third-order valence-corrected chi connectivity index (χ3v) is 6.99. The van der Waals surface area contributed by atoms with E-state index in [-0.39, 0.29) is 36.6 Å². The minimum atomic E-state index is -0.436. The Kier molecular flexibility index (Phi) is 6.01. The summed E-state index contributed by atoms with van der Waals surface area (Å²) in [5.74, 6) is -0.548. The Balaban J connectivity index is 1.66. The number of hydrogen-bond acceptors (Lipinski definition) is 4. The van der Waals surface area contributed by atoms with Crippen LogP contribution in [0, 0.1) is 40.5 Å². The maximum Gasteiger partial charge on any atom is 0.327 e. The number of carbonyl (C=O) groups excluding carboxylic acids is 4. The number of piperidine rings is 1. The van der Waals surface area contributed by atoms with E-state index < -0.39 is 6.03 Å². The maximum absolute atomic E-state index is 13.3. The van der Waals surface area contributed by atoms with Crippen molar-refractivity contribution in [1.29, 1.82) is 0 Å². The van der Waals surface area contributed by atoms with E-state index in [1.54, 1.807) is 11.9 Å². The van der Waals surface area contributed by atoms with E-state index in [2.05, 4.69) is 20.8 Å². The molecule has 1 aromatic carbocycles. The van der Waals surface area contributed by atoms with E-state index in [1.807, 2.05) is 13.8 Å². The molecule has 2 aliphatic rings. The topological polar surface area (TPSA) is 78.0 Å². The number of likely N-dealkylation sites (tertiary alicyclic amines) is 1. The van der Waals surface area contributed by atoms with Crippen LogP contribution in [0.1, 0.15) is 51.0 Å². The summed E-state index contributed by atoms with van der Waals surface area (Å²) in [7, 11) is 1.54. The first kappa shape index (κ1) is 22.0. The van der Waals surface area contributed by atoms with Gasteiger partial charge in [0.2, 0.25) is 5.91 Å². The smallest absolute Gasteiger partial charge is 0.327 e. The van der Waals surface area contributed by atoms with Gasteiger partial charge < -0.3 is 9.80 Å². The zero-order chi connectivity index (χ0) is 22.3. The van der Waals surface area contributed by atoms with Crippen molar-refractivity contribution in [2.24, 2.45) is 5.92 Å². The minimum absolute atomic E-state index is 0.0107. The summed E-state index contributed by atoms with van der Waals surface area (Å²) in [5.41, 5.74) is 6.50. The molecule has 0 atom stereocenters. The van der Waals surface area contributed by atoms with Gasteiger partial charge in [0.05, 0.1) is 0 Å². The van der Waals surface area contributed by atoms with Crippen molar-refractivity contribution in [2.75, 3.05) is 33.2 Å². The van der Waals surface area contributed by atoms with Crippen molar-refractivity contribution < 1.29 is 19.2 Å². The lowest BCUT2D eigenvalue weighted by Gasteiger charge is -2.33. The van der Waals surface area contributed by atoms with Crippen molar-refractivity contribution in [2.45, 2.75) is 47.5 Å². The standard InChI is InChI=1S/C23H31N3O4/c1-13-14(2)16(4)21(17(5)15(13)3)22(29)18-7-9-25(10-8-18)19(27)12-26-20(28)11-24(6)23(26)30/h18H,7-12H2,1-6H3. The first-order valence-corrected chi connectivity index (χ1v) is 10.5. The van der Waals surface area contributed by atoms with Crippen molar-refractivity contribution in [3.63, 3.8) is 0 Å². The molecular weight excluding hydrogens is 382 g/mol. The van der Waals surface area contributed by atoms with Gasteiger partial charge in [0, 0.05) is 31.6 Å². The lowest BCUT2D eigenvalue weighted by atomic mass is 9.81. The summed E-state index contributed by atoms with van der Waals surface area (Å²) in [6.45, 7) is 11.0. The zero-order valence-electron chi connectivity index (χ0n) is 18.8. The molecule has 0 N–H and O–H groups in total. The summed E-state index contributed by atoms with van der Waals surface area (Å²) in [5, 5.41) is 0. The van der Waals surface area contributed by atoms with Gasteiger partial charge in [-0.15, -0.1) is 0 Å². The number of urea groups is 1. The summed E-state index contributed by atoms with van der Waals surface area (Å²) in [6, 6.07) is -0.436. The van der Waals surface area contributed by atoms with Crippen LogP contribution < -0.4 is 0 Å². The number of imide groups is 1. The van der Waals surface area contributed by atoms with E-state index in [0.717, 1.165) is 21.6 Å². The molecule has 2 fully saturated rings. The van der Waals surface area contributed by atoms with Crippen LogP contribution in [-0.4, -0.2) is 71.6 Å². The number of ketones is 1. The van der Waals surface area contributed by atoms with Crippen molar-refractivity contribution in [3.05, 3.63) is 33.4 Å². The van der Waals surface area contributed by atoms with Gasteiger partial charge in [-0.3, -0.25) is 19.3 Å². The van der Waals surface area contributed by atoms with E-state index in [9.17, 15) is 19.2 Å². The summed E-state index contributed by atoms with van der Waals surface area (Å²) in [6.07, 6.45) is 1.19. The zero-order valence-corrected chi connectivity index (χ0v) is 18.8. The Morgan fingerprint density at radius 1 is 0.867 bits per heavy atom. The fraction of sp³-hybridized carbons (Fsp3) is 0.565. The van der Waals surface area contributed by atoms with Gasteiger partial charge in [-0.05, 0) is 75.3 Å². The number of nitrogens with zero attached hydrogens (tertiary/aromatic N) is 3. The van der Waals surface area contributed by atoms with E-state index >= 15 is 0 Å². The van der Waals surface area contributed by atoms with Gasteiger partial charge in [0.1, 0.15) is 13.1 Å². The van der Waals surface area contributed by atoms with Crippen molar-refractivity contribution in [3.8, 4) is 0 Å². The molecule has 0 aliphatic carbocycles. The quantitative estimate of drug-likeness (QED) is 0.561. The number of carbonyl (C=O) groups is 4. The largest absolute Gasteiger partial charge is 0.341 e. The maximum atomic E-state index is 13.3. The molecule has 0 spiro atoms. The number of hydrogen-bond donors (Lipinski definition) is 0. The SMILES string of the molecule is Cc1c(C)c(C)c(C(=O)C2CCN(C(=O)CN3C(=O)CN(C)C3=O)CC2)c(C)c1C. The Hall–Kier alpha value is -2.70. The van der Waals surface area contributed by atoms with Crippen LogP contribution in [0.25, 0.3) is 0 Å². The second-order valence-electron chi connectivity index (χ2n) is 8.64. The highest BCUT2D eigenvalue weighted by molar-refractivity contribution is 6.04. The van der Waals surface area contributed by atoms with Crippen LogP contribution >= 0.6 is 0 Å². The normalized spacial score (nSPS) is 17.9. The summed E-state index contributed by atoms with van der Waals surface area (Å²) in [4.78, 5) is 53.8. The molecule has 2 heterocycles. The third-order valence-electron chi connectivity index (χ3n) is 6.99. The number of amides is 4. The summed E-state index contributed by atoms with van der Waals surface area (Å²) < 4.78 is 0. The molecule has 7 nitrogen and oxygen atoms in total. The Morgan fingerprint density at radius 3 is 1.83 bits per heavy atom. The Labute approximate surface area is 178 Å².